The van der Waals surface area contributed by atoms with Gasteiger partial charge in [-0.15, -0.1) is 0 Å². The standard InChI is InChI=1S/C10H19NO5/c1-4-10(5-2)15-8(6-12)9(16-10)7(3)11(13)14/h7-9,12H,4-6H2,1-3H3. The highest BCUT2D eigenvalue weighted by atomic mass is 16.8. The van der Waals surface area contributed by atoms with E-state index >= 15 is 0 Å². The number of ether oxygens (including phenoxy) is 2. The van der Waals surface area contributed by atoms with Gasteiger partial charge in [0.2, 0.25) is 6.04 Å². The van der Waals surface area contributed by atoms with Gasteiger partial charge in [0.05, 0.1) is 6.61 Å². The van der Waals surface area contributed by atoms with Gasteiger partial charge in [-0.25, -0.2) is 0 Å². The molecule has 16 heavy (non-hydrogen) atoms. The lowest BCUT2D eigenvalue weighted by Crippen LogP contribution is -2.40. The van der Waals surface area contributed by atoms with Gasteiger partial charge in [-0.1, -0.05) is 13.8 Å². The molecule has 0 bridgehead atoms. The van der Waals surface area contributed by atoms with Gasteiger partial charge >= 0.3 is 0 Å². The van der Waals surface area contributed by atoms with Crippen LogP contribution in [-0.4, -0.2) is 40.7 Å². The van der Waals surface area contributed by atoms with Crippen molar-refractivity contribution in [3.8, 4) is 0 Å². The minimum atomic E-state index is -0.878. The Bertz CT molecular complexity index is 254. The summed E-state index contributed by atoms with van der Waals surface area (Å²) in [4.78, 5) is 10.3. The highest BCUT2D eigenvalue weighted by Gasteiger charge is 2.50. The second-order valence-electron chi connectivity index (χ2n) is 4.07. The van der Waals surface area contributed by atoms with Crippen LogP contribution in [0.3, 0.4) is 0 Å². The lowest BCUT2D eigenvalue weighted by Gasteiger charge is -2.25. The Kier molecular flexibility index (Phi) is 4.23. The van der Waals surface area contributed by atoms with Crippen molar-refractivity contribution >= 4 is 0 Å². The van der Waals surface area contributed by atoms with Gasteiger partial charge in [0.25, 0.3) is 0 Å². The van der Waals surface area contributed by atoms with Crippen LogP contribution >= 0.6 is 0 Å². The average molecular weight is 233 g/mol. The molecule has 0 saturated carbocycles. The number of hydrogen-bond donors (Lipinski definition) is 1. The highest BCUT2D eigenvalue weighted by Crippen LogP contribution is 2.35. The molecule has 1 fully saturated rings. The molecule has 0 aliphatic carbocycles. The van der Waals surface area contributed by atoms with E-state index in [1.165, 1.54) is 6.92 Å². The minimum absolute atomic E-state index is 0.259. The molecule has 3 unspecified atom stereocenters. The second kappa shape index (κ2) is 5.07. The van der Waals surface area contributed by atoms with Crippen molar-refractivity contribution in [2.45, 2.75) is 57.6 Å². The first kappa shape index (κ1) is 13.3. The molecule has 6 heteroatoms. The number of aliphatic hydroxyl groups is 1. The zero-order valence-corrected chi connectivity index (χ0v) is 9.88. The van der Waals surface area contributed by atoms with Crippen LogP contribution in [0, 0.1) is 10.1 Å². The summed E-state index contributed by atoms with van der Waals surface area (Å²) in [6.07, 6.45) is -0.0674. The van der Waals surface area contributed by atoms with Gasteiger partial charge in [0.15, 0.2) is 11.9 Å². The van der Waals surface area contributed by atoms with Gasteiger partial charge < -0.3 is 14.6 Å². The van der Waals surface area contributed by atoms with Crippen LogP contribution in [0.5, 0.6) is 0 Å². The van der Waals surface area contributed by atoms with Gasteiger partial charge in [-0.05, 0) is 12.8 Å². The summed E-state index contributed by atoms with van der Waals surface area (Å²) in [7, 11) is 0. The topological polar surface area (TPSA) is 81.8 Å². The average Bonchev–Trinajstić information content (AvgIpc) is 2.67. The van der Waals surface area contributed by atoms with E-state index in [1.807, 2.05) is 13.8 Å². The number of rotatable bonds is 5. The van der Waals surface area contributed by atoms with Crippen LogP contribution in [0.15, 0.2) is 0 Å². The summed E-state index contributed by atoms with van der Waals surface area (Å²) < 4.78 is 11.3. The lowest BCUT2D eigenvalue weighted by molar-refractivity contribution is -0.531. The van der Waals surface area contributed by atoms with Crippen LogP contribution in [0.4, 0.5) is 0 Å². The molecule has 1 aliphatic rings. The van der Waals surface area contributed by atoms with Crippen LogP contribution in [0.25, 0.3) is 0 Å². The van der Waals surface area contributed by atoms with Crippen molar-refractivity contribution in [2.75, 3.05) is 6.61 Å². The molecular formula is C10H19NO5. The SMILES string of the molecule is CCC1(CC)OC(CO)C(C(C)[N+](=O)[O-])O1. The van der Waals surface area contributed by atoms with E-state index in [0.717, 1.165) is 0 Å². The minimum Gasteiger partial charge on any atom is -0.394 e. The van der Waals surface area contributed by atoms with Crippen molar-refractivity contribution in [2.24, 2.45) is 0 Å². The molecule has 0 aromatic rings. The first-order chi connectivity index (χ1) is 7.49. The van der Waals surface area contributed by atoms with E-state index in [-0.39, 0.29) is 6.61 Å². The molecule has 0 aromatic carbocycles. The van der Waals surface area contributed by atoms with Gasteiger partial charge in [0, 0.05) is 11.8 Å². The van der Waals surface area contributed by atoms with Crippen LogP contribution < -0.4 is 0 Å². The van der Waals surface area contributed by atoms with E-state index in [0.29, 0.717) is 12.8 Å². The highest BCUT2D eigenvalue weighted by molar-refractivity contribution is 4.87. The molecule has 0 aromatic heterocycles. The number of aliphatic hydroxyl groups excluding tert-OH is 1. The van der Waals surface area contributed by atoms with Crippen molar-refractivity contribution in [1.82, 2.24) is 0 Å². The fraction of sp³-hybridized carbons (Fsp3) is 1.00. The third-order valence-electron chi connectivity index (χ3n) is 3.15. The quantitative estimate of drug-likeness (QED) is 0.564. The van der Waals surface area contributed by atoms with Gasteiger partial charge in [-0.3, -0.25) is 10.1 Å². The summed E-state index contributed by atoms with van der Waals surface area (Å²) in [5.41, 5.74) is 0. The van der Waals surface area contributed by atoms with Crippen molar-refractivity contribution < 1.29 is 19.5 Å². The molecule has 6 nitrogen and oxygen atoms in total. The van der Waals surface area contributed by atoms with Crippen molar-refractivity contribution in [3.05, 3.63) is 10.1 Å². The zero-order chi connectivity index (χ0) is 12.3. The number of nitro groups is 1. The van der Waals surface area contributed by atoms with Crippen LogP contribution in [0.2, 0.25) is 0 Å². The van der Waals surface area contributed by atoms with E-state index in [4.69, 9.17) is 14.6 Å². The largest absolute Gasteiger partial charge is 0.394 e. The zero-order valence-electron chi connectivity index (χ0n) is 9.88. The molecule has 1 rings (SSSR count). The van der Waals surface area contributed by atoms with Crippen molar-refractivity contribution in [1.29, 1.82) is 0 Å². The molecule has 1 aliphatic heterocycles. The second-order valence-corrected chi connectivity index (χ2v) is 4.07. The Hall–Kier alpha value is -0.720. The maximum Gasteiger partial charge on any atom is 0.238 e. The first-order valence-electron chi connectivity index (χ1n) is 5.59. The molecule has 94 valence electrons. The van der Waals surface area contributed by atoms with E-state index in [2.05, 4.69) is 0 Å². The first-order valence-corrected chi connectivity index (χ1v) is 5.59. The summed E-state index contributed by atoms with van der Waals surface area (Å²) in [6.45, 7) is 5.01. The van der Waals surface area contributed by atoms with E-state index in [9.17, 15) is 10.1 Å². The van der Waals surface area contributed by atoms with Gasteiger partial charge in [0.1, 0.15) is 6.10 Å². The Morgan fingerprint density at radius 2 is 2.00 bits per heavy atom. The smallest absolute Gasteiger partial charge is 0.238 e. The summed E-state index contributed by atoms with van der Waals surface area (Å²) in [5.74, 6) is -0.775. The van der Waals surface area contributed by atoms with Crippen LogP contribution in [0.1, 0.15) is 33.6 Å². The normalized spacial score (nSPS) is 30.2. The Morgan fingerprint density at radius 1 is 1.44 bits per heavy atom. The van der Waals surface area contributed by atoms with E-state index in [1.54, 1.807) is 0 Å². The third-order valence-corrected chi connectivity index (χ3v) is 3.15. The maximum atomic E-state index is 10.7. The Balaban J connectivity index is 2.82. The lowest BCUT2D eigenvalue weighted by atomic mass is 10.1. The third kappa shape index (κ3) is 2.34. The summed E-state index contributed by atoms with van der Waals surface area (Å²) >= 11 is 0. The molecule has 1 N–H and O–H groups in total. The van der Waals surface area contributed by atoms with Crippen molar-refractivity contribution in [3.63, 3.8) is 0 Å². The predicted molar refractivity (Wildman–Crippen MR) is 56.6 cm³/mol. The molecule has 0 spiro atoms. The molecule has 0 amide bonds. The molecule has 1 heterocycles. The monoisotopic (exact) mass is 233 g/mol. The summed E-state index contributed by atoms with van der Waals surface area (Å²) in [6, 6.07) is -0.878. The molecule has 3 atom stereocenters. The van der Waals surface area contributed by atoms with Gasteiger partial charge in [-0.2, -0.15) is 0 Å². The molecule has 1 saturated heterocycles. The molecule has 0 radical (unpaired) electrons. The Morgan fingerprint density at radius 3 is 2.38 bits per heavy atom. The Labute approximate surface area is 94.7 Å². The predicted octanol–water partition coefficient (Wildman–Crippen LogP) is 0.944. The fourth-order valence-electron chi connectivity index (χ4n) is 1.95. The van der Waals surface area contributed by atoms with Crippen LogP contribution in [-0.2, 0) is 9.47 Å². The number of hydrogen-bond acceptors (Lipinski definition) is 5. The molecular weight excluding hydrogens is 214 g/mol. The van der Waals surface area contributed by atoms with E-state index < -0.39 is 29.0 Å². The maximum absolute atomic E-state index is 10.7. The fourth-order valence-corrected chi connectivity index (χ4v) is 1.95. The summed E-state index contributed by atoms with van der Waals surface area (Å²) in [5, 5.41) is 19.9. The number of nitrogens with zero attached hydrogens (tertiary/aromatic N) is 1.